The molecule has 3 fully saturated rings. The summed E-state index contributed by atoms with van der Waals surface area (Å²) < 4.78 is 0. The summed E-state index contributed by atoms with van der Waals surface area (Å²) in [5.41, 5.74) is 1.61. The van der Waals surface area contributed by atoms with Crippen LogP contribution in [-0.2, 0) is 11.2 Å². The molecule has 0 aromatic heterocycles. The van der Waals surface area contributed by atoms with Gasteiger partial charge in [-0.2, -0.15) is 0 Å². The number of likely N-dealkylation sites (tertiary alicyclic amines) is 1. The Labute approximate surface area is 151 Å². The van der Waals surface area contributed by atoms with E-state index in [4.69, 9.17) is 0 Å². The van der Waals surface area contributed by atoms with Crippen molar-refractivity contribution in [2.45, 2.75) is 63.2 Å². The number of nitrogens with zero attached hydrogens (tertiary/aromatic N) is 2. The molecule has 4 nitrogen and oxygen atoms in total. The first-order valence-electron chi connectivity index (χ1n) is 9.75. The largest absolute Gasteiger partial charge is 0.333 e. The highest BCUT2D eigenvalue weighted by Gasteiger charge is 2.60. The van der Waals surface area contributed by atoms with E-state index < -0.39 is 0 Å². The van der Waals surface area contributed by atoms with E-state index >= 15 is 0 Å². The molecule has 3 aliphatic rings. The minimum Gasteiger partial charge on any atom is -0.333 e. The monoisotopic (exact) mass is 341 g/mol. The van der Waals surface area contributed by atoms with Crippen LogP contribution in [-0.4, -0.2) is 60.5 Å². The minimum atomic E-state index is 0.248. The topological polar surface area (TPSA) is 35.6 Å². The number of nitrogens with one attached hydrogen (secondary N) is 1. The summed E-state index contributed by atoms with van der Waals surface area (Å²) in [6.07, 6.45) is 5.82. The molecule has 4 heteroatoms. The maximum Gasteiger partial charge on any atom is 0.237 e. The number of amides is 1. The predicted octanol–water partition coefficient (Wildman–Crippen LogP) is 2.29. The maximum atomic E-state index is 13.1. The molecule has 5 atom stereocenters. The maximum absolute atomic E-state index is 13.1. The highest BCUT2D eigenvalue weighted by atomic mass is 16.2. The Kier molecular flexibility index (Phi) is 4.37. The van der Waals surface area contributed by atoms with Gasteiger partial charge in [0, 0.05) is 29.6 Å². The molecule has 4 rings (SSSR count). The second-order valence-corrected chi connectivity index (χ2v) is 8.78. The van der Waals surface area contributed by atoms with E-state index in [1.807, 2.05) is 19.0 Å². The van der Waals surface area contributed by atoms with Crippen molar-refractivity contribution in [3.05, 3.63) is 35.9 Å². The molecule has 0 unspecified atom stereocenters. The van der Waals surface area contributed by atoms with E-state index in [-0.39, 0.29) is 5.41 Å². The van der Waals surface area contributed by atoms with Crippen LogP contribution in [0.15, 0.2) is 30.3 Å². The number of carbonyl (C=O) groups excluding carboxylic acids is 1. The number of piperidine rings is 1. The smallest absolute Gasteiger partial charge is 0.237 e. The van der Waals surface area contributed by atoms with Crippen molar-refractivity contribution in [2.75, 3.05) is 20.6 Å². The van der Waals surface area contributed by atoms with E-state index in [1.54, 1.807) is 0 Å². The molecule has 136 valence electrons. The standard InChI is InChI=1S/C21H31N3O/c1-21-13-17-16(12-15-8-5-4-6-9-15)22-18(21)10-7-11-19(21)24(17)20(25)14-23(2)3/h4-6,8-9,16-19,22H,7,10-14H2,1-3H3/t16-,17+,18-,19+,21-/m1/s1. The summed E-state index contributed by atoms with van der Waals surface area (Å²) in [7, 11) is 3.98. The van der Waals surface area contributed by atoms with Gasteiger partial charge in [-0.25, -0.2) is 0 Å². The molecule has 25 heavy (non-hydrogen) atoms. The van der Waals surface area contributed by atoms with Gasteiger partial charge >= 0.3 is 0 Å². The Balaban J connectivity index is 1.63. The first-order valence-corrected chi connectivity index (χ1v) is 9.75. The van der Waals surface area contributed by atoms with Crippen LogP contribution in [0.5, 0.6) is 0 Å². The van der Waals surface area contributed by atoms with Crippen molar-refractivity contribution in [1.82, 2.24) is 15.1 Å². The SMILES string of the molecule is CN(C)CC(=O)N1[C@H]2CCC[C@H]3N[C@H](Cc4ccccc4)[C@@H]1C[C@@]23C. The number of hydrogen-bond donors (Lipinski definition) is 1. The van der Waals surface area contributed by atoms with Gasteiger partial charge in [-0.1, -0.05) is 37.3 Å². The summed E-state index contributed by atoms with van der Waals surface area (Å²) in [6.45, 7) is 2.94. The summed E-state index contributed by atoms with van der Waals surface area (Å²) >= 11 is 0. The van der Waals surface area contributed by atoms with E-state index in [1.165, 1.54) is 24.8 Å². The first kappa shape index (κ1) is 17.0. The molecule has 1 aromatic carbocycles. The van der Waals surface area contributed by atoms with Gasteiger partial charge in [-0.3, -0.25) is 4.79 Å². The quantitative estimate of drug-likeness (QED) is 0.913. The molecular weight excluding hydrogens is 310 g/mol. The number of fused-ring (bicyclic) bond motifs is 1. The Morgan fingerprint density at radius 2 is 2.04 bits per heavy atom. The van der Waals surface area contributed by atoms with Gasteiger partial charge in [0.1, 0.15) is 0 Å². The molecule has 1 N–H and O–H groups in total. The van der Waals surface area contributed by atoms with E-state index in [9.17, 15) is 4.79 Å². The zero-order valence-corrected chi connectivity index (χ0v) is 15.7. The summed E-state index contributed by atoms with van der Waals surface area (Å²) in [5.74, 6) is 0.311. The van der Waals surface area contributed by atoms with Gasteiger partial charge < -0.3 is 15.1 Å². The van der Waals surface area contributed by atoms with Gasteiger partial charge in [0.15, 0.2) is 0 Å². The highest BCUT2D eigenvalue weighted by Crippen LogP contribution is 2.53. The Hall–Kier alpha value is -1.39. The molecule has 2 aliphatic heterocycles. The van der Waals surface area contributed by atoms with E-state index in [2.05, 4.69) is 47.5 Å². The van der Waals surface area contributed by atoms with Crippen molar-refractivity contribution in [2.24, 2.45) is 5.41 Å². The van der Waals surface area contributed by atoms with Gasteiger partial charge in [-0.15, -0.1) is 0 Å². The van der Waals surface area contributed by atoms with Crippen molar-refractivity contribution in [3.63, 3.8) is 0 Å². The lowest BCUT2D eigenvalue weighted by Gasteiger charge is -2.46. The fourth-order valence-electron chi connectivity index (χ4n) is 5.68. The number of rotatable bonds is 4. The van der Waals surface area contributed by atoms with Crippen LogP contribution in [0.4, 0.5) is 0 Å². The van der Waals surface area contributed by atoms with Crippen LogP contribution in [0, 0.1) is 5.41 Å². The third-order valence-electron chi connectivity index (χ3n) is 6.79. The first-order chi connectivity index (χ1) is 12.0. The average molecular weight is 341 g/mol. The van der Waals surface area contributed by atoms with Crippen LogP contribution in [0.1, 0.15) is 38.2 Å². The normalized spacial score (nSPS) is 36.7. The van der Waals surface area contributed by atoms with Crippen molar-refractivity contribution in [3.8, 4) is 0 Å². The molecule has 2 bridgehead atoms. The molecule has 0 spiro atoms. The highest BCUT2D eigenvalue weighted by molar-refractivity contribution is 5.79. The lowest BCUT2D eigenvalue weighted by atomic mass is 9.65. The van der Waals surface area contributed by atoms with Crippen LogP contribution in [0.3, 0.4) is 0 Å². The second kappa shape index (κ2) is 6.40. The Morgan fingerprint density at radius 1 is 1.28 bits per heavy atom. The molecule has 2 saturated heterocycles. The van der Waals surface area contributed by atoms with Gasteiger partial charge in [-0.05, 0) is 51.8 Å². The fourth-order valence-corrected chi connectivity index (χ4v) is 5.68. The number of carbonyl (C=O) groups is 1. The molecule has 1 aromatic rings. The van der Waals surface area contributed by atoms with Crippen LogP contribution in [0.25, 0.3) is 0 Å². The zero-order valence-electron chi connectivity index (χ0n) is 15.7. The predicted molar refractivity (Wildman–Crippen MR) is 100 cm³/mol. The molecule has 2 heterocycles. The van der Waals surface area contributed by atoms with Crippen molar-refractivity contribution in [1.29, 1.82) is 0 Å². The van der Waals surface area contributed by atoms with Gasteiger partial charge in [0.25, 0.3) is 0 Å². The average Bonchev–Trinajstić information content (AvgIpc) is 2.88. The van der Waals surface area contributed by atoms with E-state index in [0.29, 0.717) is 36.6 Å². The molecule has 1 aliphatic carbocycles. The van der Waals surface area contributed by atoms with Gasteiger partial charge in [0.2, 0.25) is 5.91 Å². The van der Waals surface area contributed by atoms with Crippen LogP contribution >= 0.6 is 0 Å². The zero-order chi connectivity index (χ0) is 17.6. The lowest BCUT2D eigenvalue weighted by molar-refractivity contribution is -0.136. The third kappa shape index (κ3) is 2.89. The number of hydrogen-bond acceptors (Lipinski definition) is 3. The van der Waals surface area contributed by atoms with Crippen molar-refractivity contribution >= 4 is 5.91 Å². The van der Waals surface area contributed by atoms with Crippen LogP contribution in [0.2, 0.25) is 0 Å². The van der Waals surface area contributed by atoms with Crippen LogP contribution < -0.4 is 5.32 Å². The van der Waals surface area contributed by atoms with Gasteiger partial charge in [0.05, 0.1) is 6.54 Å². The summed E-state index contributed by atoms with van der Waals surface area (Å²) in [4.78, 5) is 17.4. The summed E-state index contributed by atoms with van der Waals surface area (Å²) in [6, 6.07) is 12.4. The van der Waals surface area contributed by atoms with E-state index in [0.717, 1.165) is 12.8 Å². The minimum absolute atomic E-state index is 0.248. The number of benzene rings is 1. The molecule has 0 radical (unpaired) electrons. The Bertz CT molecular complexity index is 631. The fraction of sp³-hybridized carbons (Fsp3) is 0.667. The second-order valence-electron chi connectivity index (χ2n) is 8.78. The summed E-state index contributed by atoms with van der Waals surface area (Å²) in [5, 5.41) is 3.97. The molecule has 1 saturated carbocycles. The lowest BCUT2D eigenvalue weighted by Crippen LogP contribution is -2.58. The number of likely N-dealkylation sites (N-methyl/N-ethyl adjacent to an activating group) is 1. The van der Waals surface area contributed by atoms with Crippen molar-refractivity contribution < 1.29 is 4.79 Å². The Morgan fingerprint density at radius 3 is 2.76 bits per heavy atom. The molecular formula is C21H31N3O. The molecule has 1 amide bonds. The third-order valence-corrected chi connectivity index (χ3v) is 6.79.